The van der Waals surface area contributed by atoms with Crippen LogP contribution in [0, 0.1) is 23.2 Å². The lowest BCUT2D eigenvalue weighted by Crippen LogP contribution is -2.25. The van der Waals surface area contributed by atoms with E-state index in [4.69, 9.17) is 10.00 Å². The SMILES string of the molecule is CCCCCc1ccc(OC(=O)C2CCC(CCC=CC=CC#N)CC2)cc1. The van der Waals surface area contributed by atoms with E-state index in [0.717, 1.165) is 44.9 Å². The second-order valence-electron chi connectivity index (χ2n) is 7.73. The fraction of sp³-hybridized carbons (Fsp3) is 0.520. The largest absolute Gasteiger partial charge is 0.426 e. The fourth-order valence-electron chi connectivity index (χ4n) is 3.79. The molecule has 1 aliphatic rings. The first-order chi connectivity index (χ1) is 13.7. The molecule has 2 rings (SSSR count). The Hall–Kier alpha value is -2.34. The topological polar surface area (TPSA) is 50.1 Å². The predicted octanol–water partition coefficient (Wildman–Crippen LogP) is 6.55. The molecule has 1 aromatic rings. The van der Waals surface area contributed by atoms with Gasteiger partial charge in [-0.05, 0) is 75.0 Å². The summed E-state index contributed by atoms with van der Waals surface area (Å²) in [5.74, 6) is 1.33. The summed E-state index contributed by atoms with van der Waals surface area (Å²) in [5.41, 5.74) is 1.31. The van der Waals surface area contributed by atoms with E-state index in [9.17, 15) is 4.79 Å². The van der Waals surface area contributed by atoms with Gasteiger partial charge in [0.05, 0.1) is 12.0 Å². The van der Waals surface area contributed by atoms with Gasteiger partial charge in [-0.25, -0.2) is 0 Å². The molecule has 0 aromatic heterocycles. The zero-order chi connectivity index (χ0) is 20.0. The van der Waals surface area contributed by atoms with Gasteiger partial charge in [0, 0.05) is 6.08 Å². The lowest BCUT2D eigenvalue weighted by Gasteiger charge is -2.26. The van der Waals surface area contributed by atoms with Crippen molar-refractivity contribution in [1.29, 1.82) is 5.26 Å². The van der Waals surface area contributed by atoms with Crippen LogP contribution in [0.4, 0.5) is 0 Å². The molecule has 28 heavy (non-hydrogen) atoms. The number of allylic oxidation sites excluding steroid dienone is 4. The second kappa shape index (κ2) is 12.9. The van der Waals surface area contributed by atoms with Gasteiger partial charge in [0.15, 0.2) is 0 Å². The van der Waals surface area contributed by atoms with E-state index in [0.29, 0.717) is 11.7 Å². The van der Waals surface area contributed by atoms with Crippen LogP contribution in [0.15, 0.2) is 48.6 Å². The minimum absolute atomic E-state index is 0.0367. The standard InChI is InChI=1S/C25H33NO2/c1-2-3-7-10-22-14-18-24(19-15-22)28-25(27)23-16-12-21(13-17-23)11-8-5-4-6-9-20-26/h4-6,9,14-15,18-19,21,23H,2-3,7-8,10-13,16-17H2,1H3. The van der Waals surface area contributed by atoms with E-state index < -0.39 is 0 Å². The van der Waals surface area contributed by atoms with E-state index in [1.807, 2.05) is 24.3 Å². The highest BCUT2D eigenvalue weighted by Gasteiger charge is 2.27. The van der Waals surface area contributed by atoms with Crippen molar-refractivity contribution in [1.82, 2.24) is 0 Å². The third-order valence-corrected chi connectivity index (χ3v) is 5.55. The van der Waals surface area contributed by atoms with Crippen LogP contribution in [0.2, 0.25) is 0 Å². The van der Waals surface area contributed by atoms with Crippen LogP contribution in [0.3, 0.4) is 0 Å². The highest BCUT2D eigenvalue weighted by Crippen LogP contribution is 2.32. The number of carbonyl (C=O) groups excluding carboxylic acids is 1. The number of unbranched alkanes of at least 4 members (excludes halogenated alkanes) is 2. The van der Waals surface area contributed by atoms with Crippen molar-refractivity contribution in [3.8, 4) is 11.8 Å². The normalized spacial score (nSPS) is 19.7. The molecule has 0 aliphatic heterocycles. The van der Waals surface area contributed by atoms with Crippen LogP contribution in [0.1, 0.15) is 70.3 Å². The number of hydrogen-bond acceptors (Lipinski definition) is 3. The molecular weight excluding hydrogens is 346 g/mol. The highest BCUT2D eigenvalue weighted by atomic mass is 16.5. The molecule has 0 bridgehead atoms. The van der Waals surface area contributed by atoms with Gasteiger partial charge in [-0.15, -0.1) is 0 Å². The van der Waals surface area contributed by atoms with Gasteiger partial charge in [0.2, 0.25) is 0 Å². The van der Waals surface area contributed by atoms with Gasteiger partial charge < -0.3 is 4.74 Å². The highest BCUT2D eigenvalue weighted by molar-refractivity contribution is 5.75. The molecule has 0 atom stereocenters. The maximum atomic E-state index is 12.5. The van der Waals surface area contributed by atoms with Crippen molar-refractivity contribution in [3.05, 3.63) is 54.1 Å². The average Bonchev–Trinajstić information content (AvgIpc) is 2.72. The molecule has 0 saturated heterocycles. The molecule has 0 unspecified atom stereocenters. The van der Waals surface area contributed by atoms with Crippen LogP contribution in [-0.2, 0) is 11.2 Å². The fourth-order valence-corrected chi connectivity index (χ4v) is 3.79. The maximum absolute atomic E-state index is 12.5. The molecule has 150 valence electrons. The van der Waals surface area contributed by atoms with Gasteiger partial charge in [-0.2, -0.15) is 5.26 Å². The second-order valence-corrected chi connectivity index (χ2v) is 7.73. The number of carbonyl (C=O) groups is 1. The zero-order valence-electron chi connectivity index (χ0n) is 17.1. The Kier molecular flexibility index (Phi) is 10.1. The predicted molar refractivity (Wildman–Crippen MR) is 114 cm³/mol. The van der Waals surface area contributed by atoms with E-state index in [1.54, 1.807) is 6.08 Å². The monoisotopic (exact) mass is 379 g/mol. The summed E-state index contributed by atoms with van der Waals surface area (Å²) >= 11 is 0. The average molecular weight is 380 g/mol. The van der Waals surface area contributed by atoms with Crippen molar-refractivity contribution in [2.24, 2.45) is 11.8 Å². The Bertz CT molecular complexity index is 673. The number of hydrogen-bond donors (Lipinski definition) is 0. The van der Waals surface area contributed by atoms with Crippen molar-refractivity contribution in [2.75, 3.05) is 0 Å². The van der Waals surface area contributed by atoms with Crippen LogP contribution in [0.5, 0.6) is 5.75 Å². The molecule has 0 N–H and O–H groups in total. The van der Waals surface area contributed by atoms with Crippen LogP contribution < -0.4 is 4.74 Å². The first-order valence-electron chi connectivity index (χ1n) is 10.7. The molecule has 0 radical (unpaired) electrons. The molecule has 0 heterocycles. The van der Waals surface area contributed by atoms with Crippen LogP contribution >= 0.6 is 0 Å². The Morgan fingerprint density at radius 1 is 1.14 bits per heavy atom. The number of benzene rings is 1. The number of nitriles is 1. The number of esters is 1. The summed E-state index contributed by atoms with van der Waals surface area (Å²) in [4.78, 5) is 12.5. The molecule has 3 heteroatoms. The zero-order valence-corrected chi connectivity index (χ0v) is 17.1. The van der Waals surface area contributed by atoms with E-state index >= 15 is 0 Å². The number of nitrogens with zero attached hydrogens (tertiary/aromatic N) is 1. The Labute approximate surface area is 170 Å². The van der Waals surface area contributed by atoms with Gasteiger partial charge in [0.1, 0.15) is 5.75 Å². The quantitative estimate of drug-likeness (QED) is 0.152. The minimum atomic E-state index is -0.0706. The lowest BCUT2D eigenvalue weighted by molar-refractivity contribution is -0.140. The molecular formula is C25H33NO2. The molecule has 1 aromatic carbocycles. The maximum Gasteiger partial charge on any atom is 0.314 e. The summed E-state index contributed by atoms with van der Waals surface area (Å²) in [6.45, 7) is 2.21. The Morgan fingerprint density at radius 3 is 2.57 bits per heavy atom. The Balaban J connectivity index is 1.68. The number of aryl methyl sites for hydroxylation is 1. The van der Waals surface area contributed by atoms with E-state index in [2.05, 4.69) is 25.1 Å². The summed E-state index contributed by atoms with van der Waals surface area (Å²) in [6.07, 6.45) is 18.3. The molecule has 1 aliphatic carbocycles. The summed E-state index contributed by atoms with van der Waals surface area (Å²) in [5, 5.41) is 8.43. The molecule has 0 spiro atoms. The number of ether oxygens (including phenoxy) is 1. The summed E-state index contributed by atoms with van der Waals surface area (Å²) in [6, 6.07) is 9.99. The van der Waals surface area contributed by atoms with Gasteiger partial charge in [-0.3, -0.25) is 4.79 Å². The number of rotatable bonds is 10. The van der Waals surface area contributed by atoms with Crippen molar-refractivity contribution in [2.45, 2.75) is 71.1 Å². The summed E-state index contributed by atoms with van der Waals surface area (Å²) < 4.78 is 5.62. The molecule has 0 amide bonds. The van der Waals surface area contributed by atoms with E-state index in [-0.39, 0.29) is 11.9 Å². The third-order valence-electron chi connectivity index (χ3n) is 5.55. The van der Waals surface area contributed by atoms with Crippen molar-refractivity contribution in [3.63, 3.8) is 0 Å². The first-order valence-corrected chi connectivity index (χ1v) is 10.7. The van der Waals surface area contributed by atoms with Gasteiger partial charge in [0.25, 0.3) is 0 Å². The van der Waals surface area contributed by atoms with Crippen LogP contribution in [-0.4, -0.2) is 5.97 Å². The molecule has 3 nitrogen and oxygen atoms in total. The van der Waals surface area contributed by atoms with Crippen molar-refractivity contribution < 1.29 is 9.53 Å². The third kappa shape index (κ3) is 8.13. The lowest BCUT2D eigenvalue weighted by atomic mass is 9.80. The van der Waals surface area contributed by atoms with E-state index in [1.165, 1.54) is 30.9 Å². The minimum Gasteiger partial charge on any atom is -0.426 e. The Morgan fingerprint density at radius 2 is 1.89 bits per heavy atom. The molecule has 1 saturated carbocycles. The van der Waals surface area contributed by atoms with Gasteiger partial charge in [-0.1, -0.05) is 50.1 Å². The van der Waals surface area contributed by atoms with Crippen LogP contribution in [0.25, 0.3) is 0 Å². The van der Waals surface area contributed by atoms with Crippen molar-refractivity contribution >= 4 is 5.97 Å². The summed E-state index contributed by atoms with van der Waals surface area (Å²) in [7, 11) is 0. The smallest absolute Gasteiger partial charge is 0.314 e. The molecule has 1 fully saturated rings. The van der Waals surface area contributed by atoms with Gasteiger partial charge >= 0.3 is 5.97 Å². The first kappa shape index (κ1) is 22.0.